The molecular weight excluding hydrogens is 270 g/mol. The van der Waals surface area contributed by atoms with Crippen LogP contribution < -0.4 is 5.32 Å². The van der Waals surface area contributed by atoms with Gasteiger partial charge in [-0.25, -0.2) is 0 Å². The summed E-state index contributed by atoms with van der Waals surface area (Å²) in [5, 5.41) is 48.3. The summed E-state index contributed by atoms with van der Waals surface area (Å²) in [5.74, 6) is -0.850. The molecule has 0 fully saturated rings. The number of nitrogens with one attached hydrogen (secondary N) is 1. The van der Waals surface area contributed by atoms with Gasteiger partial charge in [-0.15, -0.1) is 0 Å². The third kappa shape index (κ3) is 6.92. The summed E-state index contributed by atoms with van der Waals surface area (Å²) in [7, 11) is 0. The van der Waals surface area contributed by atoms with E-state index in [9.17, 15) is 24.9 Å². The first-order valence-electron chi connectivity index (χ1n) is 6.41. The molecule has 0 aliphatic carbocycles. The van der Waals surface area contributed by atoms with Gasteiger partial charge >= 0.3 is 0 Å². The lowest BCUT2D eigenvalue weighted by Crippen LogP contribution is -2.51. The predicted octanol–water partition coefficient (Wildman–Crippen LogP) is -2.70. The molecule has 0 spiro atoms. The number of ketones is 1. The lowest BCUT2D eigenvalue weighted by Gasteiger charge is -2.24. The lowest BCUT2D eigenvalue weighted by atomic mass is 10.0. The van der Waals surface area contributed by atoms with Crippen molar-refractivity contribution in [3.63, 3.8) is 0 Å². The van der Waals surface area contributed by atoms with E-state index in [2.05, 4.69) is 5.32 Å². The Balaban J connectivity index is 4.04. The molecule has 0 aromatic heterocycles. The molecule has 0 aliphatic rings. The summed E-state index contributed by atoms with van der Waals surface area (Å²) in [6, 6.07) is 0. The quantitative estimate of drug-likeness (QED) is 0.240. The highest BCUT2D eigenvalue weighted by atomic mass is 16.4. The number of carbonyl (C=O) groups is 2. The molecule has 8 heteroatoms. The molecule has 6 N–H and O–H groups in total. The summed E-state index contributed by atoms with van der Waals surface area (Å²) in [6.45, 7) is 0.874. The number of aliphatic hydroxyl groups excluding tert-OH is 5. The van der Waals surface area contributed by atoms with Gasteiger partial charge in [0.2, 0.25) is 0 Å². The smallest absolute Gasteiger partial charge is 0.251 e. The van der Waals surface area contributed by atoms with Crippen molar-refractivity contribution in [2.75, 3.05) is 13.2 Å². The molecule has 0 rings (SSSR count). The van der Waals surface area contributed by atoms with Crippen LogP contribution in [0.25, 0.3) is 0 Å². The van der Waals surface area contributed by atoms with Crippen molar-refractivity contribution in [2.45, 2.75) is 50.6 Å². The number of aliphatic hydroxyl groups is 5. The standard InChI is InChI=1S/C12H23NO7/c1-7(15)4-2-3-5-13-12(20)11(19)10(18)9(17)8(16)6-14/h8-11,14,16-19H,2-6H2,1H3,(H,13,20). The topological polar surface area (TPSA) is 147 Å². The average Bonchev–Trinajstić information content (AvgIpc) is 2.42. The zero-order chi connectivity index (χ0) is 15.7. The molecule has 1 amide bonds. The normalized spacial score (nSPS) is 17.1. The number of rotatable bonds is 10. The molecule has 0 radical (unpaired) electrons. The number of Topliss-reactive ketones (excluding diaryl/α,β-unsaturated/α-hetero) is 1. The molecule has 0 aromatic carbocycles. The highest BCUT2D eigenvalue weighted by Crippen LogP contribution is 2.05. The molecule has 0 heterocycles. The Hall–Kier alpha value is -1.06. The van der Waals surface area contributed by atoms with E-state index in [1.54, 1.807) is 0 Å². The molecule has 0 saturated heterocycles. The van der Waals surface area contributed by atoms with Crippen molar-refractivity contribution < 1.29 is 35.1 Å². The maximum atomic E-state index is 11.5. The molecule has 0 bridgehead atoms. The van der Waals surface area contributed by atoms with Crippen molar-refractivity contribution in [3.05, 3.63) is 0 Å². The molecular formula is C12H23NO7. The average molecular weight is 293 g/mol. The van der Waals surface area contributed by atoms with Gasteiger partial charge < -0.3 is 35.6 Å². The van der Waals surface area contributed by atoms with Crippen LogP contribution in [0.2, 0.25) is 0 Å². The van der Waals surface area contributed by atoms with E-state index in [1.165, 1.54) is 6.92 Å². The summed E-state index contributed by atoms with van der Waals surface area (Å²) in [6.07, 6.45) is -5.77. The minimum absolute atomic E-state index is 0.0490. The Morgan fingerprint density at radius 1 is 1.05 bits per heavy atom. The second kappa shape index (κ2) is 9.78. The molecule has 4 atom stereocenters. The van der Waals surface area contributed by atoms with Gasteiger partial charge in [-0.2, -0.15) is 0 Å². The van der Waals surface area contributed by atoms with Crippen LogP contribution in [0.15, 0.2) is 0 Å². The maximum Gasteiger partial charge on any atom is 0.251 e. The van der Waals surface area contributed by atoms with Crippen LogP contribution in [-0.2, 0) is 9.59 Å². The fraction of sp³-hybridized carbons (Fsp3) is 0.833. The predicted molar refractivity (Wildman–Crippen MR) is 68.7 cm³/mol. The van der Waals surface area contributed by atoms with Crippen LogP contribution in [0.1, 0.15) is 26.2 Å². The Morgan fingerprint density at radius 3 is 2.15 bits per heavy atom. The number of amides is 1. The van der Waals surface area contributed by atoms with Crippen molar-refractivity contribution in [1.29, 1.82) is 0 Å². The van der Waals surface area contributed by atoms with Crippen molar-refractivity contribution in [1.82, 2.24) is 5.32 Å². The Bertz CT molecular complexity index is 310. The Morgan fingerprint density at radius 2 is 1.65 bits per heavy atom. The third-order valence-corrected chi connectivity index (χ3v) is 2.78. The van der Waals surface area contributed by atoms with Crippen LogP contribution >= 0.6 is 0 Å². The van der Waals surface area contributed by atoms with E-state index in [1.807, 2.05) is 0 Å². The first kappa shape index (κ1) is 18.9. The molecule has 4 unspecified atom stereocenters. The third-order valence-electron chi connectivity index (χ3n) is 2.78. The molecule has 0 aromatic rings. The molecule has 118 valence electrons. The molecule has 8 nitrogen and oxygen atoms in total. The minimum atomic E-state index is -1.92. The van der Waals surface area contributed by atoms with Gasteiger partial charge in [0, 0.05) is 13.0 Å². The number of hydrogen-bond donors (Lipinski definition) is 6. The summed E-state index contributed by atoms with van der Waals surface area (Å²) in [5.41, 5.74) is 0. The first-order valence-corrected chi connectivity index (χ1v) is 6.41. The van der Waals surface area contributed by atoms with Gasteiger partial charge in [-0.3, -0.25) is 4.79 Å². The van der Waals surface area contributed by atoms with Gasteiger partial charge in [0.1, 0.15) is 24.1 Å². The van der Waals surface area contributed by atoms with Gasteiger partial charge in [0.05, 0.1) is 6.61 Å². The Labute approximate surface area is 117 Å². The van der Waals surface area contributed by atoms with Crippen LogP contribution in [0, 0.1) is 0 Å². The fourth-order valence-electron chi connectivity index (χ4n) is 1.49. The van der Waals surface area contributed by atoms with Gasteiger partial charge in [-0.05, 0) is 19.8 Å². The molecule has 0 saturated carbocycles. The van der Waals surface area contributed by atoms with Crippen LogP contribution in [0.5, 0.6) is 0 Å². The highest BCUT2D eigenvalue weighted by Gasteiger charge is 2.33. The number of carbonyl (C=O) groups excluding carboxylic acids is 2. The second-order valence-corrected chi connectivity index (χ2v) is 4.63. The van der Waals surface area contributed by atoms with E-state index in [4.69, 9.17) is 10.2 Å². The van der Waals surface area contributed by atoms with Crippen LogP contribution in [0.3, 0.4) is 0 Å². The van der Waals surface area contributed by atoms with Gasteiger partial charge in [-0.1, -0.05) is 0 Å². The fourth-order valence-corrected chi connectivity index (χ4v) is 1.49. The maximum absolute atomic E-state index is 11.5. The van der Waals surface area contributed by atoms with E-state index in [0.717, 1.165) is 0 Å². The van der Waals surface area contributed by atoms with Crippen LogP contribution in [-0.4, -0.2) is 74.8 Å². The Kier molecular flexibility index (Phi) is 9.26. The largest absolute Gasteiger partial charge is 0.394 e. The first-order chi connectivity index (χ1) is 9.31. The zero-order valence-electron chi connectivity index (χ0n) is 11.4. The van der Waals surface area contributed by atoms with Crippen LogP contribution in [0.4, 0.5) is 0 Å². The minimum Gasteiger partial charge on any atom is -0.394 e. The highest BCUT2D eigenvalue weighted by molar-refractivity contribution is 5.81. The summed E-state index contributed by atoms with van der Waals surface area (Å²) in [4.78, 5) is 22.1. The lowest BCUT2D eigenvalue weighted by molar-refractivity contribution is -0.148. The SMILES string of the molecule is CC(=O)CCCCNC(=O)C(O)C(O)C(O)C(O)CO. The van der Waals surface area contributed by atoms with Crippen molar-refractivity contribution >= 4 is 11.7 Å². The molecule has 0 aliphatic heterocycles. The number of unbranched alkanes of at least 4 members (excludes halogenated alkanes) is 1. The van der Waals surface area contributed by atoms with Crippen molar-refractivity contribution in [2.24, 2.45) is 0 Å². The number of hydrogen-bond acceptors (Lipinski definition) is 7. The van der Waals surface area contributed by atoms with E-state index < -0.39 is 36.9 Å². The monoisotopic (exact) mass is 293 g/mol. The van der Waals surface area contributed by atoms with Gasteiger partial charge in [0.15, 0.2) is 6.10 Å². The second-order valence-electron chi connectivity index (χ2n) is 4.63. The van der Waals surface area contributed by atoms with Gasteiger partial charge in [0.25, 0.3) is 5.91 Å². The summed E-state index contributed by atoms with van der Waals surface area (Å²) < 4.78 is 0. The zero-order valence-corrected chi connectivity index (χ0v) is 11.4. The van der Waals surface area contributed by atoms with E-state index in [-0.39, 0.29) is 12.3 Å². The van der Waals surface area contributed by atoms with E-state index >= 15 is 0 Å². The van der Waals surface area contributed by atoms with Crippen molar-refractivity contribution in [3.8, 4) is 0 Å². The van der Waals surface area contributed by atoms with E-state index in [0.29, 0.717) is 19.3 Å². The summed E-state index contributed by atoms with van der Waals surface area (Å²) >= 11 is 0. The molecule has 20 heavy (non-hydrogen) atoms.